The van der Waals surface area contributed by atoms with Crippen molar-refractivity contribution < 1.29 is 23.1 Å². The number of para-hydroxylation sites is 1. The van der Waals surface area contributed by atoms with E-state index in [1.165, 1.54) is 41.7 Å². The molecule has 0 radical (unpaired) electrons. The molecule has 4 N–H and O–H groups in total. The topological polar surface area (TPSA) is 106 Å². The van der Waals surface area contributed by atoms with Crippen molar-refractivity contribution in [3.05, 3.63) is 83.5 Å². The third-order valence-electron chi connectivity index (χ3n) is 6.73. The molecule has 0 saturated heterocycles. The van der Waals surface area contributed by atoms with E-state index in [0.29, 0.717) is 11.7 Å². The molecule has 4 rings (SSSR count). The summed E-state index contributed by atoms with van der Waals surface area (Å²) < 4.78 is 35.4. The Morgan fingerprint density at radius 2 is 1.78 bits per heavy atom. The van der Waals surface area contributed by atoms with Crippen LogP contribution in [0.3, 0.4) is 0 Å². The number of fused-ring (bicyclic) bond motifs is 1. The van der Waals surface area contributed by atoms with E-state index < -0.39 is 29.9 Å². The van der Waals surface area contributed by atoms with Crippen molar-refractivity contribution >= 4 is 50.3 Å². The lowest BCUT2D eigenvalue weighted by Gasteiger charge is -2.18. The van der Waals surface area contributed by atoms with E-state index in [2.05, 4.69) is 36.4 Å². The lowest BCUT2D eigenvalue weighted by atomic mass is 9.89. The molecule has 2 aromatic carbocycles. The molecule has 2 heterocycles. The number of nitrogens with zero attached hydrogens (tertiary/aromatic N) is 1. The molecule has 2 atom stereocenters. The van der Waals surface area contributed by atoms with Crippen molar-refractivity contribution in [3.8, 4) is 11.5 Å². The number of anilines is 2. The number of hydrogen-bond acceptors (Lipinski definition) is 6. The van der Waals surface area contributed by atoms with Gasteiger partial charge in [-0.3, -0.25) is 14.6 Å². The highest BCUT2D eigenvalue weighted by Gasteiger charge is 2.19. The van der Waals surface area contributed by atoms with Crippen LogP contribution >= 0.6 is 11.3 Å². The van der Waals surface area contributed by atoms with E-state index in [9.17, 15) is 18.4 Å². The van der Waals surface area contributed by atoms with Crippen molar-refractivity contribution in [1.82, 2.24) is 4.98 Å². The second-order valence-corrected chi connectivity index (χ2v) is 11.0. The Hall–Kier alpha value is -4.31. The minimum Gasteiger partial charge on any atom is -0.453 e. The van der Waals surface area contributed by atoms with Gasteiger partial charge in [-0.15, -0.1) is 11.3 Å². The fourth-order valence-corrected chi connectivity index (χ4v) is 5.62. The van der Waals surface area contributed by atoms with E-state index in [-0.39, 0.29) is 23.0 Å². The number of rotatable bonds is 11. The normalized spacial score (nSPS) is 13.0. The van der Waals surface area contributed by atoms with E-state index >= 15 is 0 Å². The number of carbonyl (C=O) groups excluding carboxylic acids is 2. The van der Waals surface area contributed by atoms with Crippen molar-refractivity contribution in [1.29, 1.82) is 0 Å². The number of thiophene rings is 1. The van der Waals surface area contributed by atoms with Gasteiger partial charge in [0.1, 0.15) is 18.0 Å². The van der Waals surface area contributed by atoms with Crippen molar-refractivity contribution in [2.45, 2.75) is 40.0 Å². The average molecular weight is 579 g/mol. The highest BCUT2D eigenvalue weighted by molar-refractivity contribution is 7.20. The zero-order valence-corrected chi connectivity index (χ0v) is 23.9. The number of pyridine rings is 1. The zero-order valence-electron chi connectivity index (χ0n) is 23.0. The summed E-state index contributed by atoms with van der Waals surface area (Å²) in [5.74, 6) is -1.47. The number of benzene rings is 2. The van der Waals surface area contributed by atoms with Crippen LogP contribution in [-0.2, 0) is 9.59 Å². The van der Waals surface area contributed by atoms with Gasteiger partial charge in [0.2, 0.25) is 11.8 Å². The third-order valence-corrected chi connectivity index (χ3v) is 7.92. The highest BCUT2D eigenvalue weighted by Crippen LogP contribution is 2.40. The van der Waals surface area contributed by atoms with Crippen LogP contribution in [-0.4, -0.2) is 16.8 Å². The molecular formula is C31H32F2N4O3S. The summed E-state index contributed by atoms with van der Waals surface area (Å²) in [6.45, 7) is 6.55. The SMILES string of the molecule is CCC(C)CC(C)/C(=C\N)c1cc2nccc(Oc3ccc(NC(=O)CC(=O)Nc4ccccc4F)cc3F)c2s1. The fourth-order valence-electron chi connectivity index (χ4n) is 4.41. The molecule has 4 aromatic rings. The van der Waals surface area contributed by atoms with Gasteiger partial charge >= 0.3 is 0 Å². The number of aromatic nitrogens is 1. The Balaban J connectivity index is 1.44. The predicted octanol–water partition coefficient (Wildman–Crippen LogP) is 7.71. The van der Waals surface area contributed by atoms with E-state index in [4.69, 9.17) is 10.5 Å². The summed E-state index contributed by atoms with van der Waals surface area (Å²) in [5.41, 5.74) is 7.88. The third kappa shape index (κ3) is 7.46. The van der Waals surface area contributed by atoms with Crippen molar-refractivity contribution in [3.63, 3.8) is 0 Å². The van der Waals surface area contributed by atoms with Gasteiger partial charge in [0.25, 0.3) is 0 Å². The summed E-state index contributed by atoms with van der Waals surface area (Å²) in [6, 6.07) is 13.2. The minimum absolute atomic E-state index is 0.0307. The summed E-state index contributed by atoms with van der Waals surface area (Å²) in [7, 11) is 0. The van der Waals surface area contributed by atoms with Crippen LogP contribution in [0.5, 0.6) is 11.5 Å². The standard InChI is InChI=1S/C31H32F2N4O3S/c1-4-18(2)13-19(3)21(17-34)28-15-25-31(41-28)27(11-12-35-25)40-26-10-9-20(14-23(26)33)36-29(38)16-30(39)37-24-8-6-5-7-22(24)32/h5-12,14-15,17-19H,4,13,16,34H2,1-3H3,(H,36,38)(H,37,39)/b21-17+. The summed E-state index contributed by atoms with van der Waals surface area (Å²) in [4.78, 5) is 29.8. The van der Waals surface area contributed by atoms with Gasteiger partial charge in [0, 0.05) is 28.9 Å². The first-order valence-corrected chi connectivity index (χ1v) is 14.1. The maximum atomic E-state index is 15.0. The number of nitrogens with one attached hydrogen (secondary N) is 2. The molecule has 7 nitrogen and oxygen atoms in total. The molecule has 214 valence electrons. The van der Waals surface area contributed by atoms with Crippen LogP contribution in [0.15, 0.2) is 67.0 Å². The van der Waals surface area contributed by atoms with Crippen LogP contribution in [0.4, 0.5) is 20.2 Å². The molecule has 10 heteroatoms. The molecule has 0 aliphatic carbocycles. The molecule has 0 saturated carbocycles. The number of carbonyl (C=O) groups is 2. The quantitative estimate of drug-likeness (QED) is 0.158. The van der Waals surface area contributed by atoms with E-state index in [0.717, 1.165) is 39.6 Å². The van der Waals surface area contributed by atoms with Gasteiger partial charge in [-0.05, 0) is 60.4 Å². The van der Waals surface area contributed by atoms with E-state index in [1.807, 2.05) is 6.07 Å². The number of allylic oxidation sites excluding steroid dienone is 1. The first kappa shape index (κ1) is 29.7. The molecule has 0 bridgehead atoms. The maximum absolute atomic E-state index is 15.0. The molecule has 0 spiro atoms. The number of halogens is 2. The van der Waals surface area contributed by atoms with Crippen LogP contribution in [0.2, 0.25) is 0 Å². The Bertz CT molecular complexity index is 1590. The number of hydrogen-bond donors (Lipinski definition) is 3. The smallest absolute Gasteiger partial charge is 0.233 e. The number of amides is 2. The van der Waals surface area contributed by atoms with Gasteiger partial charge in [-0.2, -0.15) is 0 Å². The predicted molar refractivity (Wildman–Crippen MR) is 160 cm³/mol. The van der Waals surface area contributed by atoms with Crippen LogP contribution in [0, 0.1) is 23.5 Å². The lowest BCUT2D eigenvalue weighted by molar-refractivity contribution is -0.123. The van der Waals surface area contributed by atoms with Crippen LogP contribution < -0.4 is 21.1 Å². The Kier molecular flexibility index (Phi) is 9.67. The zero-order chi connectivity index (χ0) is 29.5. The molecule has 0 fully saturated rings. The van der Waals surface area contributed by atoms with Gasteiger partial charge in [-0.1, -0.05) is 39.3 Å². The minimum atomic E-state index is -0.704. The Morgan fingerprint density at radius 1 is 1.02 bits per heavy atom. The van der Waals surface area contributed by atoms with Gasteiger partial charge in [-0.25, -0.2) is 8.78 Å². The molecule has 0 aliphatic heterocycles. The second kappa shape index (κ2) is 13.4. The van der Waals surface area contributed by atoms with Crippen molar-refractivity contribution in [2.24, 2.45) is 17.6 Å². The molecular weight excluding hydrogens is 546 g/mol. The largest absolute Gasteiger partial charge is 0.453 e. The van der Waals surface area contributed by atoms with Crippen LogP contribution in [0.25, 0.3) is 15.8 Å². The van der Waals surface area contributed by atoms with Gasteiger partial charge in [0.05, 0.1) is 15.9 Å². The Labute approximate surface area is 241 Å². The highest BCUT2D eigenvalue weighted by atomic mass is 32.1. The lowest BCUT2D eigenvalue weighted by Crippen LogP contribution is -2.21. The first-order valence-electron chi connectivity index (χ1n) is 13.3. The van der Waals surface area contributed by atoms with Gasteiger partial charge < -0.3 is 21.1 Å². The van der Waals surface area contributed by atoms with Crippen molar-refractivity contribution in [2.75, 3.05) is 10.6 Å². The second-order valence-electron chi connectivity index (χ2n) is 9.91. The fraction of sp³-hybridized carbons (Fsp3) is 0.258. The van der Waals surface area contributed by atoms with Gasteiger partial charge in [0.15, 0.2) is 11.6 Å². The number of nitrogens with two attached hydrogens (primary N) is 1. The average Bonchev–Trinajstić information content (AvgIpc) is 3.36. The number of ether oxygens (including phenoxy) is 1. The molecule has 2 unspecified atom stereocenters. The first-order chi connectivity index (χ1) is 19.7. The van der Waals surface area contributed by atoms with Crippen LogP contribution in [0.1, 0.15) is 44.9 Å². The summed E-state index contributed by atoms with van der Waals surface area (Å²) >= 11 is 1.49. The summed E-state index contributed by atoms with van der Waals surface area (Å²) in [5, 5.41) is 4.80. The Morgan fingerprint density at radius 3 is 2.49 bits per heavy atom. The molecule has 2 aromatic heterocycles. The monoisotopic (exact) mass is 578 g/mol. The van der Waals surface area contributed by atoms with E-state index in [1.54, 1.807) is 24.5 Å². The summed E-state index contributed by atoms with van der Waals surface area (Å²) in [6.07, 6.45) is 4.77. The molecule has 41 heavy (non-hydrogen) atoms. The molecule has 2 amide bonds. The maximum Gasteiger partial charge on any atom is 0.233 e. The molecule has 0 aliphatic rings.